The summed E-state index contributed by atoms with van der Waals surface area (Å²) in [5, 5.41) is 1.69. The standard InChI is InChI=1S/C13H12BrClN2S/c1-2-3-12-16-11(14)8-13(17-12)18-10-6-4-9(15)5-7-10/h4-8H,2-3H2,1H3. The second-order valence-corrected chi connectivity index (χ2v) is 6.09. The van der Waals surface area contributed by atoms with Crippen molar-refractivity contribution in [2.45, 2.75) is 29.7 Å². The van der Waals surface area contributed by atoms with Crippen LogP contribution in [0.3, 0.4) is 0 Å². The molecule has 0 aliphatic heterocycles. The summed E-state index contributed by atoms with van der Waals surface area (Å²) >= 11 is 10.9. The van der Waals surface area contributed by atoms with Crippen molar-refractivity contribution in [2.75, 3.05) is 0 Å². The minimum atomic E-state index is 0.745. The maximum atomic E-state index is 5.86. The Morgan fingerprint density at radius 3 is 2.61 bits per heavy atom. The van der Waals surface area contributed by atoms with E-state index < -0.39 is 0 Å². The molecule has 0 amide bonds. The molecule has 0 fully saturated rings. The number of benzene rings is 1. The highest BCUT2D eigenvalue weighted by molar-refractivity contribution is 9.10. The van der Waals surface area contributed by atoms with Crippen LogP contribution in [0.1, 0.15) is 19.2 Å². The minimum absolute atomic E-state index is 0.745. The zero-order chi connectivity index (χ0) is 13.0. The van der Waals surface area contributed by atoms with Crippen LogP contribution in [0.5, 0.6) is 0 Å². The summed E-state index contributed by atoms with van der Waals surface area (Å²) in [4.78, 5) is 10.00. The van der Waals surface area contributed by atoms with Crippen LogP contribution < -0.4 is 0 Å². The molecule has 0 bridgehead atoms. The van der Waals surface area contributed by atoms with Gasteiger partial charge in [0.25, 0.3) is 0 Å². The van der Waals surface area contributed by atoms with E-state index in [1.807, 2.05) is 30.3 Å². The quantitative estimate of drug-likeness (QED) is 0.731. The van der Waals surface area contributed by atoms with E-state index in [2.05, 4.69) is 32.8 Å². The van der Waals surface area contributed by atoms with Gasteiger partial charge in [0, 0.05) is 22.4 Å². The Kier molecular flexibility index (Phi) is 5.03. The number of aromatic nitrogens is 2. The third kappa shape index (κ3) is 3.97. The second kappa shape index (κ2) is 6.55. The Labute approximate surface area is 124 Å². The first-order chi connectivity index (χ1) is 8.67. The van der Waals surface area contributed by atoms with Gasteiger partial charge in [0.05, 0.1) is 0 Å². The molecular weight excluding hydrogens is 332 g/mol. The van der Waals surface area contributed by atoms with E-state index in [-0.39, 0.29) is 0 Å². The molecule has 0 unspecified atom stereocenters. The van der Waals surface area contributed by atoms with Gasteiger partial charge in [-0.3, -0.25) is 0 Å². The lowest BCUT2D eigenvalue weighted by Gasteiger charge is -2.04. The number of nitrogens with zero attached hydrogens (tertiary/aromatic N) is 2. The van der Waals surface area contributed by atoms with Crippen LogP contribution in [-0.4, -0.2) is 9.97 Å². The molecule has 5 heteroatoms. The van der Waals surface area contributed by atoms with E-state index in [9.17, 15) is 0 Å². The summed E-state index contributed by atoms with van der Waals surface area (Å²) in [7, 11) is 0. The fourth-order valence-electron chi connectivity index (χ4n) is 1.45. The van der Waals surface area contributed by atoms with Gasteiger partial charge in [0.1, 0.15) is 15.5 Å². The van der Waals surface area contributed by atoms with Gasteiger partial charge in [-0.05, 0) is 46.6 Å². The third-order valence-electron chi connectivity index (χ3n) is 2.23. The molecule has 0 aliphatic carbocycles. The number of rotatable bonds is 4. The number of hydrogen-bond donors (Lipinski definition) is 0. The lowest BCUT2D eigenvalue weighted by atomic mass is 10.3. The first-order valence-electron chi connectivity index (χ1n) is 5.64. The Balaban J connectivity index is 2.20. The second-order valence-electron chi connectivity index (χ2n) is 3.75. The van der Waals surface area contributed by atoms with Gasteiger partial charge < -0.3 is 0 Å². The molecule has 0 saturated heterocycles. The monoisotopic (exact) mass is 342 g/mol. The zero-order valence-corrected chi connectivity index (χ0v) is 13.0. The van der Waals surface area contributed by atoms with Crippen molar-refractivity contribution in [3.05, 3.63) is 45.8 Å². The summed E-state index contributed by atoms with van der Waals surface area (Å²) < 4.78 is 0.831. The largest absolute Gasteiger partial charge is 0.226 e. The summed E-state index contributed by atoms with van der Waals surface area (Å²) in [6.07, 6.45) is 1.94. The molecule has 0 atom stereocenters. The third-order valence-corrected chi connectivity index (χ3v) is 3.81. The van der Waals surface area contributed by atoms with Crippen LogP contribution in [-0.2, 0) is 6.42 Å². The lowest BCUT2D eigenvalue weighted by Crippen LogP contribution is -1.96. The Bertz CT molecular complexity index is 531. The SMILES string of the molecule is CCCc1nc(Br)cc(Sc2ccc(Cl)cc2)n1. The van der Waals surface area contributed by atoms with E-state index in [1.165, 1.54) is 0 Å². The molecular formula is C13H12BrClN2S. The van der Waals surface area contributed by atoms with Gasteiger partial charge in [-0.25, -0.2) is 9.97 Å². The molecule has 2 rings (SSSR count). The Morgan fingerprint density at radius 1 is 1.22 bits per heavy atom. The normalized spacial score (nSPS) is 10.6. The van der Waals surface area contributed by atoms with Crippen LogP contribution in [0, 0.1) is 0 Å². The lowest BCUT2D eigenvalue weighted by molar-refractivity contribution is 0.803. The van der Waals surface area contributed by atoms with E-state index in [0.717, 1.165) is 38.2 Å². The molecule has 0 aliphatic rings. The van der Waals surface area contributed by atoms with Crippen LogP contribution in [0.4, 0.5) is 0 Å². The predicted molar refractivity (Wildman–Crippen MR) is 79.3 cm³/mol. The van der Waals surface area contributed by atoms with Gasteiger partial charge in [-0.1, -0.05) is 30.3 Å². The molecule has 0 N–H and O–H groups in total. The van der Waals surface area contributed by atoms with Crippen LogP contribution in [0.25, 0.3) is 0 Å². The summed E-state index contributed by atoms with van der Waals surface area (Å²) in [6, 6.07) is 9.67. The molecule has 2 aromatic rings. The fraction of sp³-hybridized carbons (Fsp3) is 0.231. The molecule has 2 nitrogen and oxygen atoms in total. The molecule has 1 aromatic heterocycles. The Hall–Kier alpha value is -0.580. The van der Waals surface area contributed by atoms with Crippen molar-refractivity contribution >= 4 is 39.3 Å². The van der Waals surface area contributed by atoms with Crippen molar-refractivity contribution in [1.29, 1.82) is 0 Å². The minimum Gasteiger partial charge on any atom is -0.226 e. The van der Waals surface area contributed by atoms with E-state index in [4.69, 9.17) is 11.6 Å². The highest BCUT2D eigenvalue weighted by atomic mass is 79.9. The van der Waals surface area contributed by atoms with Crippen LogP contribution in [0.2, 0.25) is 5.02 Å². The molecule has 18 heavy (non-hydrogen) atoms. The van der Waals surface area contributed by atoms with E-state index in [1.54, 1.807) is 11.8 Å². The highest BCUT2D eigenvalue weighted by Gasteiger charge is 2.04. The smallest absolute Gasteiger partial charge is 0.130 e. The molecule has 0 radical (unpaired) electrons. The van der Waals surface area contributed by atoms with Gasteiger partial charge in [-0.2, -0.15) is 0 Å². The maximum absolute atomic E-state index is 5.86. The Morgan fingerprint density at radius 2 is 1.94 bits per heavy atom. The van der Waals surface area contributed by atoms with Gasteiger partial charge >= 0.3 is 0 Å². The molecule has 0 saturated carbocycles. The fourth-order valence-corrected chi connectivity index (χ4v) is 2.99. The first-order valence-corrected chi connectivity index (χ1v) is 7.63. The van der Waals surface area contributed by atoms with Gasteiger partial charge in [0.2, 0.25) is 0 Å². The van der Waals surface area contributed by atoms with Crippen LogP contribution >= 0.6 is 39.3 Å². The summed E-state index contributed by atoms with van der Waals surface area (Å²) in [5.74, 6) is 0.878. The van der Waals surface area contributed by atoms with Crippen molar-refractivity contribution in [3.63, 3.8) is 0 Å². The van der Waals surface area contributed by atoms with Crippen molar-refractivity contribution in [2.24, 2.45) is 0 Å². The average molecular weight is 344 g/mol. The highest BCUT2D eigenvalue weighted by Crippen LogP contribution is 2.28. The first kappa shape index (κ1) is 13.8. The molecule has 1 heterocycles. The molecule has 94 valence electrons. The topological polar surface area (TPSA) is 25.8 Å². The average Bonchev–Trinajstić information content (AvgIpc) is 2.32. The van der Waals surface area contributed by atoms with E-state index >= 15 is 0 Å². The van der Waals surface area contributed by atoms with Crippen LogP contribution in [0.15, 0.2) is 44.9 Å². The molecule has 0 spiro atoms. The van der Waals surface area contributed by atoms with Crippen molar-refractivity contribution in [1.82, 2.24) is 9.97 Å². The maximum Gasteiger partial charge on any atom is 0.130 e. The van der Waals surface area contributed by atoms with E-state index in [0.29, 0.717) is 0 Å². The molecule has 1 aromatic carbocycles. The number of aryl methyl sites for hydroxylation is 1. The zero-order valence-electron chi connectivity index (χ0n) is 9.86. The number of halogens is 2. The van der Waals surface area contributed by atoms with Crippen molar-refractivity contribution in [3.8, 4) is 0 Å². The summed E-state index contributed by atoms with van der Waals surface area (Å²) in [5.41, 5.74) is 0. The predicted octanol–water partition coefficient (Wildman–Crippen LogP) is 5.00. The van der Waals surface area contributed by atoms with Gasteiger partial charge in [0.15, 0.2) is 0 Å². The number of hydrogen-bond acceptors (Lipinski definition) is 3. The van der Waals surface area contributed by atoms with Crippen molar-refractivity contribution < 1.29 is 0 Å². The summed E-state index contributed by atoms with van der Waals surface area (Å²) in [6.45, 7) is 2.12. The van der Waals surface area contributed by atoms with Gasteiger partial charge in [-0.15, -0.1) is 0 Å².